The van der Waals surface area contributed by atoms with Gasteiger partial charge in [0.25, 0.3) is 5.91 Å². The van der Waals surface area contributed by atoms with Crippen molar-refractivity contribution < 1.29 is 14.3 Å². The molecule has 0 aliphatic rings. The molecule has 0 saturated heterocycles. The second-order valence-electron chi connectivity index (χ2n) is 4.77. The van der Waals surface area contributed by atoms with Crippen molar-refractivity contribution in [3.63, 3.8) is 0 Å². The van der Waals surface area contributed by atoms with E-state index in [1.54, 1.807) is 12.5 Å². The minimum absolute atomic E-state index is 0. The SMILES string of the molecule is CCOc1ccc(CNC(=O)c2csc(CCN)n2)cc1OC.Cl. The van der Waals surface area contributed by atoms with Crippen LogP contribution in [0.15, 0.2) is 23.6 Å². The Labute approximate surface area is 151 Å². The fraction of sp³-hybridized carbons (Fsp3) is 0.375. The van der Waals surface area contributed by atoms with Gasteiger partial charge in [-0.2, -0.15) is 0 Å². The lowest BCUT2D eigenvalue weighted by molar-refractivity contribution is 0.0946. The molecule has 0 aliphatic heterocycles. The lowest BCUT2D eigenvalue weighted by Gasteiger charge is -2.11. The minimum Gasteiger partial charge on any atom is -0.493 e. The first-order chi connectivity index (χ1) is 11.2. The molecule has 132 valence electrons. The number of carbonyl (C=O) groups is 1. The number of hydrogen-bond donors (Lipinski definition) is 2. The number of nitrogens with one attached hydrogen (secondary N) is 1. The van der Waals surface area contributed by atoms with Crippen LogP contribution in [0.5, 0.6) is 11.5 Å². The number of nitrogens with zero attached hydrogens (tertiary/aromatic N) is 1. The molecule has 1 amide bonds. The zero-order valence-electron chi connectivity index (χ0n) is 13.7. The first-order valence-electron chi connectivity index (χ1n) is 7.40. The summed E-state index contributed by atoms with van der Waals surface area (Å²) in [5.74, 6) is 1.14. The van der Waals surface area contributed by atoms with Crippen LogP contribution in [0.1, 0.15) is 28.0 Å². The first kappa shape index (κ1) is 20.2. The molecule has 1 heterocycles. The Morgan fingerprint density at radius 1 is 1.38 bits per heavy atom. The zero-order chi connectivity index (χ0) is 16.7. The zero-order valence-corrected chi connectivity index (χ0v) is 15.3. The Hall–Kier alpha value is -1.83. The van der Waals surface area contributed by atoms with Crippen molar-refractivity contribution in [2.24, 2.45) is 5.73 Å². The number of benzene rings is 1. The van der Waals surface area contributed by atoms with E-state index in [9.17, 15) is 4.79 Å². The van der Waals surface area contributed by atoms with Crippen LogP contribution in [0.3, 0.4) is 0 Å². The Kier molecular flexibility index (Phi) is 8.53. The smallest absolute Gasteiger partial charge is 0.271 e. The molecule has 1 aromatic carbocycles. The molecule has 0 aliphatic carbocycles. The third-order valence-electron chi connectivity index (χ3n) is 3.12. The van der Waals surface area contributed by atoms with Gasteiger partial charge >= 0.3 is 0 Å². The quantitative estimate of drug-likeness (QED) is 0.744. The molecule has 0 radical (unpaired) electrons. The number of halogens is 1. The fourth-order valence-electron chi connectivity index (χ4n) is 2.02. The van der Waals surface area contributed by atoms with Crippen molar-refractivity contribution in [1.82, 2.24) is 10.3 Å². The highest BCUT2D eigenvalue weighted by molar-refractivity contribution is 7.09. The number of rotatable bonds is 8. The van der Waals surface area contributed by atoms with Gasteiger partial charge in [0, 0.05) is 18.3 Å². The van der Waals surface area contributed by atoms with E-state index in [1.165, 1.54) is 11.3 Å². The molecular formula is C16H22ClN3O3S. The molecule has 0 spiro atoms. The molecule has 0 fully saturated rings. The van der Waals surface area contributed by atoms with Crippen LogP contribution < -0.4 is 20.5 Å². The monoisotopic (exact) mass is 371 g/mol. The molecule has 24 heavy (non-hydrogen) atoms. The van der Waals surface area contributed by atoms with Gasteiger partial charge in [-0.3, -0.25) is 4.79 Å². The number of nitrogens with two attached hydrogens (primary N) is 1. The lowest BCUT2D eigenvalue weighted by Crippen LogP contribution is -2.23. The molecule has 0 atom stereocenters. The summed E-state index contributed by atoms with van der Waals surface area (Å²) in [6.07, 6.45) is 0.689. The average Bonchev–Trinajstić information content (AvgIpc) is 3.03. The highest BCUT2D eigenvalue weighted by atomic mass is 35.5. The van der Waals surface area contributed by atoms with Crippen molar-refractivity contribution in [3.8, 4) is 11.5 Å². The first-order valence-corrected chi connectivity index (χ1v) is 8.28. The van der Waals surface area contributed by atoms with Crippen LogP contribution in [0.4, 0.5) is 0 Å². The molecule has 3 N–H and O–H groups in total. The summed E-state index contributed by atoms with van der Waals surface area (Å²) in [5.41, 5.74) is 6.84. The van der Waals surface area contributed by atoms with Crippen molar-refractivity contribution in [1.29, 1.82) is 0 Å². The largest absolute Gasteiger partial charge is 0.493 e. The number of methoxy groups -OCH3 is 1. The molecule has 0 saturated carbocycles. The van der Waals surface area contributed by atoms with Crippen LogP contribution in [0, 0.1) is 0 Å². The molecule has 6 nitrogen and oxygen atoms in total. The maximum absolute atomic E-state index is 12.1. The highest BCUT2D eigenvalue weighted by Gasteiger charge is 2.11. The average molecular weight is 372 g/mol. The summed E-state index contributed by atoms with van der Waals surface area (Å²) >= 11 is 1.45. The lowest BCUT2D eigenvalue weighted by atomic mass is 10.2. The van der Waals surface area contributed by atoms with E-state index < -0.39 is 0 Å². The fourth-order valence-corrected chi connectivity index (χ4v) is 2.82. The van der Waals surface area contributed by atoms with Crippen molar-refractivity contribution in [3.05, 3.63) is 39.8 Å². The van der Waals surface area contributed by atoms with E-state index in [0.717, 1.165) is 10.6 Å². The standard InChI is InChI=1S/C16H21N3O3S.ClH/c1-3-22-13-5-4-11(8-14(13)21-2)9-18-16(20)12-10-23-15(19-12)6-7-17;/h4-5,8,10H,3,6-7,9,17H2,1-2H3,(H,18,20);1H. The van der Waals surface area contributed by atoms with Crippen LogP contribution >= 0.6 is 23.7 Å². The van der Waals surface area contributed by atoms with Gasteiger partial charge in [-0.05, 0) is 31.2 Å². The predicted molar refractivity (Wildman–Crippen MR) is 97.5 cm³/mol. The Balaban J connectivity index is 0.00000288. The summed E-state index contributed by atoms with van der Waals surface area (Å²) in [7, 11) is 1.59. The summed E-state index contributed by atoms with van der Waals surface area (Å²) in [6, 6.07) is 5.59. The van der Waals surface area contributed by atoms with E-state index in [-0.39, 0.29) is 18.3 Å². The van der Waals surface area contributed by atoms with Crippen LogP contribution in [0.2, 0.25) is 0 Å². The van der Waals surface area contributed by atoms with Gasteiger partial charge in [0.15, 0.2) is 11.5 Å². The summed E-state index contributed by atoms with van der Waals surface area (Å²) in [6.45, 7) is 3.41. The minimum atomic E-state index is -0.197. The van der Waals surface area contributed by atoms with E-state index in [0.29, 0.717) is 43.3 Å². The molecule has 2 aromatic rings. The summed E-state index contributed by atoms with van der Waals surface area (Å²) in [4.78, 5) is 16.4. The third kappa shape index (κ3) is 5.36. The maximum atomic E-state index is 12.1. The van der Waals surface area contributed by atoms with Gasteiger partial charge in [-0.25, -0.2) is 4.98 Å². The molecule has 1 aromatic heterocycles. The Bertz CT molecular complexity index is 664. The number of hydrogen-bond acceptors (Lipinski definition) is 6. The van der Waals surface area contributed by atoms with Gasteiger partial charge in [0.05, 0.1) is 18.7 Å². The van der Waals surface area contributed by atoms with Gasteiger partial charge < -0.3 is 20.5 Å². The van der Waals surface area contributed by atoms with Gasteiger partial charge in [0.1, 0.15) is 5.69 Å². The van der Waals surface area contributed by atoms with E-state index in [4.69, 9.17) is 15.2 Å². The van der Waals surface area contributed by atoms with Crippen molar-refractivity contribution in [2.75, 3.05) is 20.3 Å². The van der Waals surface area contributed by atoms with Gasteiger partial charge in [0.2, 0.25) is 0 Å². The van der Waals surface area contributed by atoms with Crippen molar-refractivity contribution in [2.45, 2.75) is 19.9 Å². The second kappa shape index (κ2) is 10.1. The molecule has 2 rings (SSSR count). The van der Waals surface area contributed by atoms with Crippen molar-refractivity contribution >= 4 is 29.7 Å². The third-order valence-corrected chi connectivity index (χ3v) is 4.03. The number of ether oxygens (including phenoxy) is 2. The molecule has 0 bridgehead atoms. The number of amides is 1. The van der Waals surface area contributed by atoms with Crippen LogP contribution in [-0.2, 0) is 13.0 Å². The van der Waals surface area contributed by atoms with E-state index in [1.807, 2.05) is 25.1 Å². The molecule has 8 heteroatoms. The van der Waals surface area contributed by atoms with Crippen LogP contribution in [-0.4, -0.2) is 31.2 Å². The summed E-state index contributed by atoms with van der Waals surface area (Å²) < 4.78 is 10.8. The normalized spacial score (nSPS) is 9.96. The number of thiazole rings is 1. The maximum Gasteiger partial charge on any atom is 0.271 e. The molecular weight excluding hydrogens is 350 g/mol. The topological polar surface area (TPSA) is 86.5 Å². The van der Waals surface area contributed by atoms with Gasteiger partial charge in [-0.1, -0.05) is 6.07 Å². The highest BCUT2D eigenvalue weighted by Crippen LogP contribution is 2.28. The summed E-state index contributed by atoms with van der Waals surface area (Å²) in [5, 5.41) is 5.48. The number of aromatic nitrogens is 1. The van der Waals surface area contributed by atoms with E-state index in [2.05, 4.69) is 10.3 Å². The Morgan fingerprint density at radius 2 is 2.17 bits per heavy atom. The molecule has 0 unspecified atom stereocenters. The number of carbonyl (C=O) groups excluding carboxylic acids is 1. The Morgan fingerprint density at radius 3 is 2.83 bits per heavy atom. The van der Waals surface area contributed by atoms with Crippen LogP contribution in [0.25, 0.3) is 0 Å². The van der Waals surface area contributed by atoms with Gasteiger partial charge in [-0.15, -0.1) is 23.7 Å². The second-order valence-corrected chi connectivity index (χ2v) is 5.71. The van der Waals surface area contributed by atoms with E-state index >= 15 is 0 Å². The predicted octanol–water partition coefficient (Wildman–Crippen LogP) is 2.40.